The number of thiocarbonyl (C=S) groups is 1. The molecule has 2 fully saturated rings. The standard InChI is InChI=1S/C17H19N3O2S/c23-17-19-15(13-6-1-2-8-18-13)16(14-7-4-10-22-14)20(17)11-12-5-3-9-21-12/h1-2,4,6-8,10,12,15-16H,3,5,9,11H2,(H,19,23)/t12-,15-,16-/m0/s1. The number of pyridine rings is 1. The summed E-state index contributed by atoms with van der Waals surface area (Å²) in [4.78, 5) is 6.68. The van der Waals surface area contributed by atoms with Crippen LogP contribution >= 0.6 is 12.2 Å². The van der Waals surface area contributed by atoms with Crippen LogP contribution in [0.5, 0.6) is 0 Å². The Labute approximate surface area is 140 Å². The summed E-state index contributed by atoms with van der Waals surface area (Å²) in [7, 11) is 0. The lowest BCUT2D eigenvalue weighted by Crippen LogP contribution is -2.36. The van der Waals surface area contributed by atoms with Crippen LogP contribution in [0.3, 0.4) is 0 Å². The molecule has 2 aromatic heterocycles. The van der Waals surface area contributed by atoms with E-state index in [1.165, 1.54) is 0 Å². The molecule has 2 aliphatic rings. The lowest BCUT2D eigenvalue weighted by atomic mass is 10.0. The van der Waals surface area contributed by atoms with Crippen LogP contribution in [0.25, 0.3) is 0 Å². The van der Waals surface area contributed by atoms with Gasteiger partial charge in [0.1, 0.15) is 11.8 Å². The van der Waals surface area contributed by atoms with Crippen LogP contribution in [0.2, 0.25) is 0 Å². The number of hydrogen-bond donors (Lipinski definition) is 1. The highest BCUT2D eigenvalue weighted by Crippen LogP contribution is 2.39. The van der Waals surface area contributed by atoms with Crippen molar-refractivity contribution in [1.82, 2.24) is 15.2 Å². The van der Waals surface area contributed by atoms with Crippen molar-refractivity contribution in [3.63, 3.8) is 0 Å². The zero-order valence-corrected chi connectivity index (χ0v) is 13.5. The molecule has 4 rings (SSSR count). The number of aromatic nitrogens is 1. The van der Waals surface area contributed by atoms with Gasteiger partial charge in [0.25, 0.3) is 0 Å². The van der Waals surface area contributed by atoms with E-state index in [2.05, 4.69) is 15.2 Å². The fraction of sp³-hybridized carbons (Fsp3) is 0.412. The molecule has 120 valence electrons. The van der Waals surface area contributed by atoms with E-state index in [1.807, 2.05) is 36.5 Å². The van der Waals surface area contributed by atoms with Gasteiger partial charge < -0.3 is 19.4 Å². The molecule has 2 saturated heterocycles. The van der Waals surface area contributed by atoms with Crippen LogP contribution in [-0.4, -0.2) is 34.3 Å². The summed E-state index contributed by atoms with van der Waals surface area (Å²) in [6.45, 7) is 1.62. The third kappa shape index (κ3) is 2.84. The van der Waals surface area contributed by atoms with Crippen LogP contribution < -0.4 is 5.32 Å². The van der Waals surface area contributed by atoms with Gasteiger partial charge >= 0.3 is 0 Å². The maximum absolute atomic E-state index is 5.79. The maximum Gasteiger partial charge on any atom is 0.170 e. The zero-order valence-electron chi connectivity index (χ0n) is 12.7. The minimum atomic E-state index is -0.0174. The number of nitrogens with one attached hydrogen (secondary N) is 1. The quantitative estimate of drug-likeness (QED) is 0.871. The zero-order chi connectivity index (χ0) is 15.6. The van der Waals surface area contributed by atoms with Gasteiger partial charge in [-0.15, -0.1) is 0 Å². The van der Waals surface area contributed by atoms with Crippen LogP contribution in [0.15, 0.2) is 47.2 Å². The third-order valence-corrected chi connectivity index (χ3v) is 4.81. The largest absolute Gasteiger partial charge is 0.467 e. The molecule has 0 aromatic carbocycles. The average molecular weight is 329 g/mol. The van der Waals surface area contributed by atoms with Crippen LogP contribution in [0.1, 0.15) is 36.4 Å². The number of furan rings is 1. The lowest BCUT2D eigenvalue weighted by Gasteiger charge is -2.28. The van der Waals surface area contributed by atoms with Gasteiger partial charge in [-0.3, -0.25) is 4.98 Å². The first-order valence-electron chi connectivity index (χ1n) is 7.96. The Kier molecular flexibility index (Phi) is 4.01. The number of ether oxygens (including phenoxy) is 1. The van der Waals surface area contributed by atoms with Gasteiger partial charge in [-0.1, -0.05) is 6.07 Å². The van der Waals surface area contributed by atoms with Crippen LogP contribution in [-0.2, 0) is 4.74 Å². The highest BCUT2D eigenvalue weighted by molar-refractivity contribution is 7.80. The molecule has 0 spiro atoms. The smallest absolute Gasteiger partial charge is 0.170 e. The summed E-state index contributed by atoms with van der Waals surface area (Å²) in [6.07, 6.45) is 5.94. The molecule has 23 heavy (non-hydrogen) atoms. The summed E-state index contributed by atoms with van der Waals surface area (Å²) in [6, 6.07) is 9.83. The van der Waals surface area contributed by atoms with E-state index >= 15 is 0 Å². The van der Waals surface area contributed by atoms with E-state index in [4.69, 9.17) is 21.4 Å². The molecule has 0 amide bonds. The molecule has 3 atom stereocenters. The SMILES string of the molecule is S=C1N[C@@H](c2ccccn2)[C@H](c2ccco2)N1C[C@@H]1CCCO1. The van der Waals surface area contributed by atoms with Crippen LogP contribution in [0.4, 0.5) is 0 Å². The molecule has 2 aliphatic heterocycles. The minimum Gasteiger partial charge on any atom is -0.467 e. The maximum atomic E-state index is 5.79. The predicted molar refractivity (Wildman–Crippen MR) is 89.8 cm³/mol. The normalized spacial score (nSPS) is 27.4. The molecule has 0 bridgehead atoms. The van der Waals surface area contributed by atoms with Gasteiger partial charge in [-0.2, -0.15) is 0 Å². The Bertz CT molecular complexity index is 656. The van der Waals surface area contributed by atoms with Crippen molar-refractivity contribution < 1.29 is 9.15 Å². The molecule has 4 heterocycles. The second-order valence-electron chi connectivity index (χ2n) is 5.93. The summed E-state index contributed by atoms with van der Waals surface area (Å²) in [5, 5.41) is 4.15. The fourth-order valence-corrected chi connectivity index (χ4v) is 3.69. The van der Waals surface area contributed by atoms with Crippen LogP contribution in [0, 0.1) is 0 Å². The van der Waals surface area contributed by atoms with E-state index < -0.39 is 0 Å². The van der Waals surface area contributed by atoms with Crippen molar-refractivity contribution >= 4 is 17.3 Å². The molecule has 5 nitrogen and oxygen atoms in total. The Morgan fingerprint density at radius 3 is 2.96 bits per heavy atom. The second-order valence-corrected chi connectivity index (χ2v) is 6.32. The molecule has 0 saturated carbocycles. The highest BCUT2D eigenvalue weighted by Gasteiger charge is 2.42. The van der Waals surface area contributed by atoms with E-state index in [9.17, 15) is 0 Å². The Morgan fingerprint density at radius 2 is 2.26 bits per heavy atom. The summed E-state index contributed by atoms with van der Waals surface area (Å²) < 4.78 is 11.5. The van der Waals surface area contributed by atoms with Gasteiger partial charge in [0.05, 0.1) is 24.1 Å². The topological polar surface area (TPSA) is 50.5 Å². The van der Waals surface area contributed by atoms with Crippen molar-refractivity contribution in [2.75, 3.05) is 13.2 Å². The molecular weight excluding hydrogens is 310 g/mol. The molecule has 2 aromatic rings. The van der Waals surface area contributed by atoms with Crippen molar-refractivity contribution in [2.45, 2.75) is 31.0 Å². The molecule has 0 aliphatic carbocycles. The van der Waals surface area contributed by atoms with Gasteiger partial charge in [-0.25, -0.2) is 0 Å². The highest BCUT2D eigenvalue weighted by atomic mass is 32.1. The first-order chi connectivity index (χ1) is 11.3. The van der Waals surface area contributed by atoms with E-state index in [-0.39, 0.29) is 18.2 Å². The minimum absolute atomic E-state index is 0.00315. The lowest BCUT2D eigenvalue weighted by molar-refractivity contribution is 0.0817. The number of hydrogen-bond acceptors (Lipinski definition) is 4. The monoisotopic (exact) mass is 329 g/mol. The second kappa shape index (κ2) is 6.29. The van der Waals surface area contributed by atoms with E-state index in [0.29, 0.717) is 0 Å². The molecule has 0 unspecified atom stereocenters. The fourth-order valence-electron chi connectivity index (χ4n) is 3.38. The van der Waals surface area contributed by atoms with Gasteiger partial charge in [-0.05, 0) is 49.3 Å². The van der Waals surface area contributed by atoms with Crippen molar-refractivity contribution in [3.8, 4) is 0 Å². The first-order valence-corrected chi connectivity index (χ1v) is 8.37. The molecule has 6 heteroatoms. The van der Waals surface area contributed by atoms with Gasteiger partial charge in [0.15, 0.2) is 5.11 Å². The average Bonchev–Trinajstić information content (AvgIpc) is 3.31. The molecular formula is C17H19N3O2S. The summed E-state index contributed by atoms with van der Waals surface area (Å²) in [5.74, 6) is 0.894. The van der Waals surface area contributed by atoms with Crippen molar-refractivity contribution in [3.05, 3.63) is 54.2 Å². The van der Waals surface area contributed by atoms with Crippen molar-refractivity contribution in [2.24, 2.45) is 0 Å². The molecule has 0 radical (unpaired) electrons. The Hall–Kier alpha value is -1.92. The molecule has 1 N–H and O–H groups in total. The summed E-state index contributed by atoms with van der Waals surface area (Å²) >= 11 is 5.59. The predicted octanol–water partition coefficient (Wildman–Crippen LogP) is 2.83. The van der Waals surface area contributed by atoms with E-state index in [1.54, 1.807) is 6.26 Å². The van der Waals surface area contributed by atoms with Gasteiger partial charge in [0, 0.05) is 19.3 Å². The van der Waals surface area contributed by atoms with Crippen molar-refractivity contribution in [1.29, 1.82) is 0 Å². The Balaban J connectivity index is 1.66. The van der Waals surface area contributed by atoms with E-state index in [0.717, 1.165) is 42.6 Å². The first kappa shape index (κ1) is 14.7. The Morgan fingerprint density at radius 1 is 1.30 bits per heavy atom. The number of rotatable bonds is 4. The van der Waals surface area contributed by atoms with Gasteiger partial charge in [0.2, 0.25) is 0 Å². The summed E-state index contributed by atoms with van der Waals surface area (Å²) in [5.41, 5.74) is 0.964. The third-order valence-electron chi connectivity index (χ3n) is 4.46. The number of nitrogens with zero attached hydrogens (tertiary/aromatic N) is 2.